The van der Waals surface area contributed by atoms with Crippen molar-refractivity contribution >= 4 is 23.0 Å². The maximum Gasteiger partial charge on any atom is 0.143 e. The molecule has 40 heavy (non-hydrogen) atoms. The molecule has 9 nitrogen and oxygen atoms in total. The predicted octanol–water partition coefficient (Wildman–Crippen LogP) is 6.62. The summed E-state index contributed by atoms with van der Waals surface area (Å²) in [6.45, 7) is 0. The average molecular weight is 530 g/mol. The number of hydrogen-bond acceptors (Lipinski definition) is 9. The van der Waals surface area contributed by atoms with E-state index in [1.165, 1.54) is 6.33 Å². The van der Waals surface area contributed by atoms with E-state index in [2.05, 4.69) is 25.6 Å². The number of rotatable bonds is 6. The third-order valence-corrected chi connectivity index (χ3v) is 6.48. The van der Waals surface area contributed by atoms with Crippen LogP contribution in [0.3, 0.4) is 0 Å². The van der Waals surface area contributed by atoms with Crippen LogP contribution in [0.1, 0.15) is 0 Å². The molecule has 4 aromatic carbocycles. The number of anilines is 4. The lowest BCUT2D eigenvalue weighted by Gasteiger charge is -2.14. The summed E-state index contributed by atoms with van der Waals surface area (Å²) < 4.78 is 0. The van der Waals surface area contributed by atoms with Crippen molar-refractivity contribution in [1.82, 2.24) is 15.0 Å². The van der Waals surface area contributed by atoms with E-state index in [0.717, 1.165) is 11.1 Å². The molecular weight excluding hydrogens is 506 g/mol. The van der Waals surface area contributed by atoms with Crippen LogP contribution in [-0.4, -0.2) is 35.4 Å². The molecule has 196 valence electrons. The van der Waals surface area contributed by atoms with Crippen LogP contribution in [0, 0.1) is 0 Å². The fourth-order valence-corrected chi connectivity index (χ4v) is 4.50. The van der Waals surface area contributed by atoms with E-state index in [9.17, 15) is 20.4 Å². The van der Waals surface area contributed by atoms with Gasteiger partial charge in [0.15, 0.2) is 0 Å². The van der Waals surface area contributed by atoms with Crippen LogP contribution in [0.25, 0.3) is 33.4 Å². The predicted molar refractivity (Wildman–Crippen MR) is 153 cm³/mol. The van der Waals surface area contributed by atoms with E-state index < -0.39 is 0 Å². The minimum atomic E-state index is -0.167. The van der Waals surface area contributed by atoms with E-state index >= 15 is 0 Å². The molecule has 0 radical (unpaired) electrons. The Morgan fingerprint density at radius 1 is 0.475 bits per heavy atom. The second-order valence-corrected chi connectivity index (χ2v) is 9.07. The molecule has 6 N–H and O–H groups in total. The molecule has 0 saturated carbocycles. The maximum absolute atomic E-state index is 10.7. The van der Waals surface area contributed by atoms with Crippen LogP contribution in [0.5, 0.6) is 23.0 Å². The number of nitrogens with zero attached hydrogens (tertiary/aromatic N) is 3. The smallest absolute Gasteiger partial charge is 0.143 e. The first-order valence-corrected chi connectivity index (χ1v) is 12.3. The minimum Gasteiger partial charge on any atom is -0.506 e. The number of benzene rings is 4. The lowest BCUT2D eigenvalue weighted by Crippen LogP contribution is -1.97. The molecule has 2 aliphatic heterocycles. The van der Waals surface area contributed by atoms with Gasteiger partial charge in [-0.3, -0.25) is 4.98 Å². The number of hydrogen-bond donors (Lipinski definition) is 6. The van der Waals surface area contributed by atoms with Gasteiger partial charge in [0.25, 0.3) is 0 Å². The van der Waals surface area contributed by atoms with Crippen molar-refractivity contribution in [2.24, 2.45) is 0 Å². The lowest BCUT2D eigenvalue weighted by atomic mass is 10.0. The zero-order valence-corrected chi connectivity index (χ0v) is 20.9. The van der Waals surface area contributed by atoms with Crippen LogP contribution in [-0.2, 0) is 0 Å². The summed E-state index contributed by atoms with van der Waals surface area (Å²) in [6, 6.07) is 25.0. The number of nitrogens with one attached hydrogen (secondary N) is 2. The van der Waals surface area contributed by atoms with Crippen molar-refractivity contribution in [2.75, 3.05) is 10.6 Å². The maximum atomic E-state index is 10.7. The van der Waals surface area contributed by atoms with Crippen molar-refractivity contribution < 1.29 is 20.4 Å². The van der Waals surface area contributed by atoms with Gasteiger partial charge in [-0.05, 0) is 46.5 Å². The summed E-state index contributed by atoms with van der Waals surface area (Å²) >= 11 is 0. The zero-order valence-electron chi connectivity index (χ0n) is 20.9. The van der Waals surface area contributed by atoms with Gasteiger partial charge in [-0.2, -0.15) is 0 Å². The van der Waals surface area contributed by atoms with Gasteiger partial charge in [-0.15, -0.1) is 0 Å². The molecular formula is C31H23N5O4. The SMILES string of the molecule is Oc1cc(-c2ccccc2)cc(O)c1Nc1ncnc(Nc2c(O)cc(-c3ccccc3)cc2O)c2cncc1-2. The van der Waals surface area contributed by atoms with Gasteiger partial charge >= 0.3 is 0 Å². The van der Waals surface area contributed by atoms with Gasteiger partial charge in [0, 0.05) is 23.5 Å². The van der Waals surface area contributed by atoms with Crippen LogP contribution >= 0.6 is 0 Å². The number of phenolic OH excluding ortho intramolecular Hbond substituents is 4. The van der Waals surface area contributed by atoms with Crippen molar-refractivity contribution in [3.63, 3.8) is 0 Å². The van der Waals surface area contributed by atoms with E-state index in [0.29, 0.717) is 22.3 Å². The molecule has 0 bridgehead atoms. The van der Waals surface area contributed by atoms with Gasteiger partial charge in [-0.1, -0.05) is 60.7 Å². The molecule has 0 spiro atoms. The summed E-state index contributed by atoms with van der Waals surface area (Å²) in [4.78, 5) is 12.9. The first kappa shape index (κ1) is 24.5. The van der Waals surface area contributed by atoms with Crippen LogP contribution in [0.4, 0.5) is 23.0 Å². The van der Waals surface area contributed by atoms with Crippen LogP contribution < -0.4 is 10.6 Å². The molecule has 4 aromatic rings. The lowest BCUT2D eigenvalue weighted by molar-refractivity contribution is 0.454. The van der Waals surface area contributed by atoms with Crippen LogP contribution in [0.2, 0.25) is 0 Å². The van der Waals surface area contributed by atoms with Crippen molar-refractivity contribution in [3.05, 3.63) is 104 Å². The van der Waals surface area contributed by atoms with Crippen molar-refractivity contribution in [1.29, 1.82) is 0 Å². The second-order valence-electron chi connectivity index (χ2n) is 9.07. The van der Waals surface area contributed by atoms with Crippen molar-refractivity contribution in [3.8, 4) is 56.4 Å². The highest BCUT2D eigenvalue weighted by molar-refractivity contribution is 5.90. The fourth-order valence-electron chi connectivity index (χ4n) is 4.50. The third kappa shape index (κ3) is 4.63. The normalized spacial score (nSPS) is 10.9. The Bertz CT molecular complexity index is 1620. The topological polar surface area (TPSA) is 144 Å². The molecule has 2 heterocycles. The number of phenols is 4. The second kappa shape index (κ2) is 10.1. The molecule has 6 rings (SSSR count). The fraction of sp³-hybridized carbons (Fsp3) is 0. The summed E-state index contributed by atoms with van der Waals surface area (Å²) in [5.74, 6) is -0.115. The van der Waals surface area contributed by atoms with Gasteiger partial charge in [-0.25, -0.2) is 9.97 Å². The standard InChI is InChI=1S/C31H23N5O4/c37-24-11-20(18-7-3-1-4-8-18)12-25(38)28(24)35-30-22-15-32-16-23(22)31(34-17-33-30)36-29-26(39)13-21(14-27(29)40)19-9-5-2-6-10-19/h1-17,37-40H,(H2,33,34,35,36). The third-order valence-electron chi connectivity index (χ3n) is 6.48. The summed E-state index contributed by atoms with van der Waals surface area (Å²) in [6.07, 6.45) is 4.40. The largest absolute Gasteiger partial charge is 0.506 e. The molecule has 0 unspecified atom stereocenters. The molecule has 0 aromatic heterocycles. The first-order valence-electron chi connectivity index (χ1n) is 12.3. The highest BCUT2D eigenvalue weighted by Crippen LogP contribution is 2.44. The number of aromatic hydroxyl groups is 4. The van der Waals surface area contributed by atoms with E-state index in [-0.39, 0.29) is 46.0 Å². The van der Waals surface area contributed by atoms with Gasteiger partial charge in [0.05, 0.1) is 0 Å². The molecule has 0 amide bonds. The number of fused-ring (bicyclic) bond motifs is 1. The van der Waals surface area contributed by atoms with E-state index in [1.54, 1.807) is 36.7 Å². The van der Waals surface area contributed by atoms with Gasteiger partial charge in [0.1, 0.15) is 52.3 Å². The minimum absolute atomic E-state index is 0.0715. The monoisotopic (exact) mass is 529 g/mol. The summed E-state index contributed by atoms with van der Waals surface area (Å²) in [7, 11) is 0. The number of aromatic nitrogens is 3. The molecule has 0 saturated heterocycles. The summed E-state index contributed by atoms with van der Waals surface area (Å²) in [5, 5.41) is 49.0. The van der Waals surface area contributed by atoms with E-state index in [1.807, 2.05) is 60.7 Å². The molecule has 2 aliphatic rings. The Morgan fingerprint density at radius 2 is 0.850 bits per heavy atom. The van der Waals surface area contributed by atoms with E-state index in [4.69, 9.17) is 0 Å². The van der Waals surface area contributed by atoms with Gasteiger partial charge < -0.3 is 31.1 Å². The highest BCUT2D eigenvalue weighted by atomic mass is 16.3. The Hall–Kier alpha value is -5.83. The quantitative estimate of drug-likeness (QED) is 0.131. The molecule has 0 atom stereocenters. The summed E-state index contributed by atoms with van der Waals surface area (Å²) in [5.41, 5.74) is 4.17. The Labute approximate surface area is 229 Å². The molecule has 0 fully saturated rings. The average Bonchev–Trinajstić information content (AvgIpc) is 3.39. The Morgan fingerprint density at radius 3 is 1.23 bits per heavy atom. The zero-order chi connectivity index (χ0) is 27.6. The first-order chi connectivity index (χ1) is 19.5. The molecule has 0 aliphatic carbocycles. The van der Waals surface area contributed by atoms with Crippen LogP contribution in [0.15, 0.2) is 104 Å². The Kier molecular flexibility index (Phi) is 6.21. The molecule has 9 heteroatoms. The highest BCUT2D eigenvalue weighted by Gasteiger charge is 2.20. The Balaban J connectivity index is 1.31. The van der Waals surface area contributed by atoms with Crippen molar-refractivity contribution in [2.45, 2.75) is 0 Å². The van der Waals surface area contributed by atoms with Gasteiger partial charge in [0.2, 0.25) is 0 Å².